The van der Waals surface area contributed by atoms with Gasteiger partial charge in [0.1, 0.15) is 0 Å². The van der Waals surface area contributed by atoms with Gasteiger partial charge in [-0.15, -0.1) is 11.3 Å². The molecule has 0 saturated heterocycles. The Balaban J connectivity index is 1.55. The Morgan fingerprint density at radius 1 is 1.44 bits per heavy atom. The summed E-state index contributed by atoms with van der Waals surface area (Å²) < 4.78 is 5.88. The van der Waals surface area contributed by atoms with E-state index in [4.69, 9.17) is 4.74 Å². The second-order valence-corrected chi connectivity index (χ2v) is 7.08. The van der Waals surface area contributed by atoms with Gasteiger partial charge in [-0.05, 0) is 45.2 Å². The largest absolute Gasteiger partial charge is 0.378 e. The van der Waals surface area contributed by atoms with Gasteiger partial charge in [-0.25, -0.2) is 0 Å². The molecule has 0 radical (unpaired) electrons. The van der Waals surface area contributed by atoms with Crippen LogP contribution in [0.3, 0.4) is 0 Å². The quantitative estimate of drug-likeness (QED) is 0.880. The van der Waals surface area contributed by atoms with Gasteiger partial charge in [0.05, 0.1) is 6.10 Å². The Kier molecular flexibility index (Phi) is 3.48. The fraction of sp³-hybridized carbons (Fsp3) is 0.733. The van der Waals surface area contributed by atoms with Crippen LogP contribution in [0, 0.1) is 12.3 Å². The summed E-state index contributed by atoms with van der Waals surface area (Å²) in [6.07, 6.45) is 5.84. The zero-order valence-corrected chi connectivity index (χ0v) is 12.2. The van der Waals surface area contributed by atoms with Crippen LogP contribution in [0.15, 0.2) is 12.1 Å². The first-order valence-electron chi connectivity index (χ1n) is 7.15. The monoisotopic (exact) mass is 265 g/mol. The summed E-state index contributed by atoms with van der Waals surface area (Å²) in [7, 11) is 0. The average molecular weight is 265 g/mol. The fourth-order valence-corrected chi connectivity index (χ4v) is 4.37. The zero-order valence-electron chi connectivity index (χ0n) is 11.4. The van der Waals surface area contributed by atoms with E-state index in [-0.39, 0.29) is 0 Å². The van der Waals surface area contributed by atoms with Crippen molar-refractivity contribution in [3.8, 4) is 0 Å². The number of rotatable bonds is 5. The minimum atomic E-state index is 0.488. The second-order valence-electron chi connectivity index (χ2n) is 5.71. The molecule has 0 amide bonds. The summed E-state index contributed by atoms with van der Waals surface area (Å²) in [6.45, 7) is 6.19. The van der Waals surface area contributed by atoms with Crippen LogP contribution in [-0.4, -0.2) is 18.8 Å². The average Bonchev–Trinajstić information content (AvgIpc) is 2.66. The number of ether oxygens (including phenoxy) is 1. The lowest BCUT2D eigenvalue weighted by Gasteiger charge is -2.61. The summed E-state index contributed by atoms with van der Waals surface area (Å²) in [6, 6.07) is 5.15. The number of hydrogen-bond donors (Lipinski definition) is 1. The summed E-state index contributed by atoms with van der Waals surface area (Å²) in [4.78, 5) is 2.87. The van der Waals surface area contributed by atoms with E-state index in [1.54, 1.807) is 0 Å². The third-order valence-electron chi connectivity index (χ3n) is 4.76. The van der Waals surface area contributed by atoms with Crippen molar-refractivity contribution in [2.75, 3.05) is 6.61 Å². The molecule has 18 heavy (non-hydrogen) atoms. The predicted molar refractivity (Wildman–Crippen MR) is 76.0 cm³/mol. The highest BCUT2D eigenvalue weighted by Gasteiger charge is 2.58. The van der Waals surface area contributed by atoms with Gasteiger partial charge in [0.25, 0.3) is 0 Å². The molecule has 2 aliphatic carbocycles. The minimum Gasteiger partial charge on any atom is -0.378 e. The number of aryl methyl sites for hydroxylation is 1. The molecule has 3 rings (SSSR count). The molecule has 0 bridgehead atoms. The highest BCUT2D eigenvalue weighted by atomic mass is 32.1. The van der Waals surface area contributed by atoms with Crippen LogP contribution in [0.1, 0.15) is 42.4 Å². The summed E-state index contributed by atoms with van der Waals surface area (Å²) in [5.41, 5.74) is 0.488. The van der Waals surface area contributed by atoms with E-state index < -0.39 is 0 Å². The molecule has 100 valence electrons. The van der Waals surface area contributed by atoms with E-state index in [1.165, 1.54) is 35.4 Å². The van der Waals surface area contributed by atoms with Crippen molar-refractivity contribution < 1.29 is 4.74 Å². The first-order valence-corrected chi connectivity index (χ1v) is 7.96. The lowest BCUT2D eigenvalue weighted by atomic mass is 9.51. The number of thiophene rings is 1. The Bertz CT molecular complexity index is 410. The minimum absolute atomic E-state index is 0.488. The van der Waals surface area contributed by atoms with Gasteiger partial charge in [0.15, 0.2) is 0 Å². The molecule has 2 aliphatic rings. The van der Waals surface area contributed by atoms with Gasteiger partial charge in [0.2, 0.25) is 0 Å². The van der Waals surface area contributed by atoms with Gasteiger partial charge >= 0.3 is 0 Å². The SMILES string of the molecule is CCOC1CC(NCc2ccc(C)s2)C12CCC2. The normalized spacial score (nSPS) is 29.0. The van der Waals surface area contributed by atoms with Crippen molar-refractivity contribution in [3.63, 3.8) is 0 Å². The van der Waals surface area contributed by atoms with E-state index >= 15 is 0 Å². The Morgan fingerprint density at radius 3 is 2.83 bits per heavy atom. The lowest BCUT2D eigenvalue weighted by molar-refractivity contribution is -0.173. The topological polar surface area (TPSA) is 21.3 Å². The molecule has 1 spiro atoms. The van der Waals surface area contributed by atoms with Crippen LogP contribution < -0.4 is 5.32 Å². The maximum absolute atomic E-state index is 5.88. The van der Waals surface area contributed by atoms with Crippen molar-refractivity contribution in [3.05, 3.63) is 21.9 Å². The molecule has 2 atom stereocenters. The smallest absolute Gasteiger partial charge is 0.0661 e. The predicted octanol–water partition coefficient (Wildman–Crippen LogP) is 3.49. The summed E-state index contributed by atoms with van der Waals surface area (Å²) in [5.74, 6) is 0. The van der Waals surface area contributed by atoms with Crippen molar-refractivity contribution >= 4 is 11.3 Å². The van der Waals surface area contributed by atoms with Gasteiger partial charge in [-0.1, -0.05) is 6.42 Å². The molecule has 2 fully saturated rings. The van der Waals surface area contributed by atoms with Crippen LogP contribution >= 0.6 is 11.3 Å². The van der Waals surface area contributed by atoms with Crippen LogP contribution in [-0.2, 0) is 11.3 Å². The molecule has 2 saturated carbocycles. The molecule has 1 heterocycles. The van der Waals surface area contributed by atoms with Gasteiger partial charge < -0.3 is 10.1 Å². The van der Waals surface area contributed by atoms with E-state index in [2.05, 4.69) is 31.3 Å². The lowest BCUT2D eigenvalue weighted by Crippen LogP contribution is -2.66. The van der Waals surface area contributed by atoms with Crippen LogP contribution in [0.25, 0.3) is 0 Å². The summed E-state index contributed by atoms with van der Waals surface area (Å²) in [5, 5.41) is 3.76. The van der Waals surface area contributed by atoms with Crippen LogP contribution in [0.5, 0.6) is 0 Å². The molecule has 0 aliphatic heterocycles. The molecule has 1 aromatic heterocycles. The molecular formula is C15H23NOS. The number of nitrogens with one attached hydrogen (secondary N) is 1. The molecule has 2 nitrogen and oxygen atoms in total. The highest BCUT2D eigenvalue weighted by molar-refractivity contribution is 7.11. The fourth-order valence-electron chi connectivity index (χ4n) is 3.53. The first kappa shape index (κ1) is 12.6. The van der Waals surface area contributed by atoms with E-state index in [0.29, 0.717) is 17.6 Å². The van der Waals surface area contributed by atoms with E-state index in [1.807, 2.05) is 11.3 Å². The van der Waals surface area contributed by atoms with E-state index in [0.717, 1.165) is 13.2 Å². The maximum atomic E-state index is 5.88. The standard InChI is InChI=1S/C15H23NOS/c1-3-17-14-9-13(15(14)7-4-8-15)16-10-12-6-5-11(2)18-12/h5-6,13-14,16H,3-4,7-10H2,1-2H3. The van der Waals surface area contributed by atoms with Crippen molar-refractivity contribution in [1.82, 2.24) is 5.32 Å². The van der Waals surface area contributed by atoms with Crippen molar-refractivity contribution in [1.29, 1.82) is 0 Å². The number of hydrogen-bond acceptors (Lipinski definition) is 3. The van der Waals surface area contributed by atoms with Gasteiger partial charge in [-0.3, -0.25) is 0 Å². The summed E-state index contributed by atoms with van der Waals surface area (Å²) >= 11 is 1.91. The zero-order chi connectivity index (χ0) is 12.6. The van der Waals surface area contributed by atoms with Crippen LogP contribution in [0.2, 0.25) is 0 Å². The molecular weight excluding hydrogens is 242 g/mol. The van der Waals surface area contributed by atoms with Crippen LogP contribution in [0.4, 0.5) is 0 Å². The maximum Gasteiger partial charge on any atom is 0.0661 e. The highest BCUT2D eigenvalue weighted by Crippen LogP contribution is 2.57. The van der Waals surface area contributed by atoms with Crippen molar-refractivity contribution in [2.45, 2.75) is 58.2 Å². The third kappa shape index (κ3) is 2.02. The second kappa shape index (κ2) is 4.95. The third-order valence-corrected chi connectivity index (χ3v) is 5.76. The first-order chi connectivity index (χ1) is 8.74. The molecule has 1 N–H and O–H groups in total. The molecule has 1 aromatic rings. The molecule has 2 unspecified atom stereocenters. The van der Waals surface area contributed by atoms with E-state index in [9.17, 15) is 0 Å². The van der Waals surface area contributed by atoms with Gasteiger partial charge in [0, 0.05) is 34.4 Å². The van der Waals surface area contributed by atoms with Crippen molar-refractivity contribution in [2.24, 2.45) is 5.41 Å². The molecule has 3 heteroatoms. The Labute approximate surface area is 114 Å². The molecule has 0 aromatic carbocycles. The van der Waals surface area contributed by atoms with Gasteiger partial charge in [-0.2, -0.15) is 0 Å². The Hall–Kier alpha value is -0.380. The Morgan fingerprint density at radius 2 is 2.28 bits per heavy atom.